The quantitative estimate of drug-likeness (QED) is 0.169. The number of carbonyl (C=O) groups is 1. The molecule has 0 saturated carbocycles. The molecule has 41 heavy (non-hydrogen) atoms. The summed E-state index contributed by atoms with van der Waals surface area (Å²) in [7, 11) is 3.29. The maximum absolute atomic E-state index is 13.5. The molecule has 4 rings (SSSR count). The smallest absolute Gasteiger partial charge is 0.253 e. The van der Waals surface area contributed by atoms with E-state index in [9.17, 15) is 4.79 Å². The number of aromatic nitrogens is 3. The molecule has 7 nitrogen and oxygen atoms in total. The number of amides is 1. The minimum absolute atomic E-state index is 0.0262. The van der Waals surface area contributed by atoms with Crippen molar-refractivity contribution in [1.29, 1.82) is 0 Å². The zero-order chi connectivity index (χ0) is 29.4. The number of ether oxygens (including phenoxy) is 2. The molecule has 4 aromatic rings. The van der Waals surface area contributed by atoms with Gasteiger partial charge in [-0.3, -0.25) is 9.78 Å². The number of rotatable bonds is 14. The van der Waals surface area contributed by atoms with E-state index < -0.39 is 0 Å². The summed E-state index contributed by atoms with van der Waals surface area (Å²) in [6, 6.07) is 12.0. The third kappa shape index (κ3) is 7.36. The van der Waals surface area contributed by atoms with E-state index in [-0.39, 0.29) is 5.91 Å². The van der Waals surface area contributed by atoms with E-state index in [1.165, 1.54) is 12.8 Å². The number of nitrogens with one attached hydrogen (secondary N) is 1. The molecule has 0 aliphatic carbocycles. The Hall–Kier alpha value is -3.65. The number of pyridine rings is 1. The third-order valence-electron chi connectivity index (χ3n) is 7.70. The first-order valence-electron chi connectivity index (χ1n) is 14.5. The van der Waals surface area contributed by atoms with Crippen LogP contribution >= 0.6 is 11.3 Å². The fraction of sp³-hybridized carbons (Fsp3) is 0.424. The SMILES string of the molecule is CCCCC(CC)CNC(=O)c1cc(-c2csc(-c3ccc(C)nc3)n2)n(CCc2ccc(OC)c(OC)c2)c1C. The van der Waals surface area contributed by atoms with Gasteiger partial charge in [0, 0.05) is 41.6 Å². The van der Waals surface area contributed by atoms with Gasteiger partial charge in [-0.15, -0.1) is 11.3 Å². The van der Waals surface area contributed by atoms with E-state index in [2.05, 4.69) is 40.2 Å². The molecule has 0 aliphatic heterocycles. The van der Waals surface area contributed by atoms with Gasteiger partial charge in [0.1, 0.15) is 5.01 Å². The van der Waals surface area contributed by atoms with Crippen LogP contribution in [0.5, 0.6) is 11.5 Å². The molecule has 1 aromatic carbocycles. The van der Waals surface area contributed by atoms with Crippen molar-refractivity contribution in [3.63, 3.8) is 0 Å². The third-order valence-corrected chi connectivity index (χ3v) is 8.59. The fourth-order valence-corrected chi connectivity index (χ4v) is 5.85. The van der Waals surface area contributed by atoms with Gasteiger partial charge in [-0.1, -0.05) is 39.2 Å². The van der Waals surface area contributed by atoms with Crippen molar-refractivity contribution in [2.75, 3.05) is 20.8 Å². The molecule has 0 spiro atoms. The van der Waals surface area contributed by atoms with E-state index >= 15 is 0 Å². The highest BCUT2D eigenvalue weighted by Gasteiger charge is 2.21. The van der Waals surface area contributed by atoms with Gasteiger partial charge >= 0.3 is 0 Å². The Balaban J connectivity index is 1.64. The zero-order valence-corrected chi connectivity index (χ0v) is 25.9. The van der Waals surface area contributed by atoms with E-state index in [4.69, 9.17) is 14.5 Å². The van der Waals surface area contributed by atoms with Gasteiger partial charge in [0.2, 0.25) is 0 Å². The second-order valence-electron chi connectivity index (χ2n) is 10.5. The molecule has 0 bridgehead atoms. The van der Waals surface area contributed by atoms with Gasteiger partial charge in [-0.25, -0.2) is 4.98 Å². The number of benzene rings is 1. The Morgan fingerprint density at radius 3 is 2.56 bits per heavy atom. The summed E-state index contributed by atoms with van der Waals surface area (Å²) in [6.07, 6.45) is 7.18. The molecule has 1 unspecified atom stereocenters. The Morgan fingerprint density at radius 1 is 1.07 bits per heavy atom. The van der Waals surface area contributed by atoms with Crippen LogP contribution in [0.4, 0.5) is 0 Å². The summed E-state index contributed by atoms with van der Waals surface area (Å²) in [5.41, 5.74) is 6.51. The van der Waals surface area contributed by atoms with E-state index in [1.807, 2.05) is 50.4 Å². The van der Waals surface area contributed by atoms with Gasteiger partial charge in [0.05, 0.1) is 31.2 Å². The van der Waals surface area contributed by atoms with E-state index in [0.29, 0.717) is 36.1 Å². The Kier molecular flexibility index (Phi) is 10.6. The Bertz CT molecular complexity index is 1440. The van der Waals surface area contributed by atoms with E-state index in [0.717, 1.165) is 58.2 Å². The molecule has 0 saturated heterocycles. The van der Waals surface area contributed by atoms with Gasteiger partial charge in [-0.05, 0) is 68.5 Å². The minimum Gasteiger partial charge on any atom is -0.493 e. The number of aryl methyl sites for hydroxylation is 2. The highest BCUT2D eigenvalue weighted by Crippen LogP contribution is 2.32. The minimum atomic E-state index is -0.0262. The average molecular weight is 575 g/mol. The second kappa shape index (κ2) is 14.3. The van der Waals surface area contributed by atoms with Crippen molar-refractivity contribution in [3.05, 3.63) is 70.5 Å². The van der Waals surface area contributed by atoms with Gasteiger partial charge in [0.15, 0.2) is 11.5 Å². The highest BCUT2D eigenvalue weighted by atomic mass is 32.1. The van der Waals surface area contributed by atoms with Gasteiger partial charge < -0.3 is 19.4 Å². The largest absolute Gasteiger partial charge is 0.493 e. The molecule has 0 radical (unpaired) electrons. The van der Waals surface area contributed by atoms with Crippen LogP contribution in [0.2, 0.25) is 0 Å². The summed E-state index contributed by atoms with van der Waals surface area (Å²) in [4.78, 5) is 22.9. The summed E-state index contributed by atoms with van der Waals surface area (Å²) in [5, 5.41) is 6.19. The number of unbranched alkanes of at least 4 members (excludes halogenated alkanes) is 1. The molecule has 218 valence electrons. The molecular formula is C33H42N4O3S. The van der Waals surface area contributed by atoms with Crippen molar-refractivity contribution in [1.82, 2.24) is 19.9 Å². The molecule has 1 amide bonds. The monoisotopic (exact) mass is 574 g/mol. The summed E-state index contributed by atoms with van der Waals surface area (Å²) in [5.74, 6) is 1.88. The maximum atomic E-state index is 13.5. The summed E-state index contributed by atoms with van der Waals surface area (Å²) in [6.45, 7) is 9.80. The predicted octanol–water partition coefficient (Wildman–Crippen LogP) is 7.50. The fourth-order valence-electron chi connectivity index (χ4n) is 5.05. The Morgan fingerprint density at radius 2 is 1.88 bits per heavy atom. The molecule has 3 aromatic heterocycles. The van der Waals surface area contributed by atoms with Crippen LogP contribution in [0.1, 0.15) is 66.8 Å². The highest BCUT2D eigenvalue weighted by molar-refractivity contribution is 7.13. The lowest BCUT2D eigenvalue weighted by Gasteiger charge is -2.15. The first kappa shape index (κ1) is 30.3. The van der Waals surface area contributed by atoms with Gasteiger partial charge in [0.25, 0.3) is 5.91 Å². The van der Waals surface area contributed by atoms with Crippen LogP contribution in [-0.2, 0) is 13.0 Å². The zero-order valence-electron chi connectivity index (χ0n) is 25.1. The van der Waals surface area contributed by atoms with Crippen LogP contribution < -0.4 is 14.8 Å². The lowest BCUT2D eigenvalue weighted by molar-refractivity contribution is 0.0945. The lowest BCUT2D eigenvalue weighted by Crippen LogP contribution is -2.29. The van der Waals surface area contributed by atoms with Crippen molar-refractivity contribution in [2.45, 2.75) is 66.3 Å². The van der Waals surface area contributed by atoms with Crippen LogP contribution in [0.15, 0.2) is 48.0 Å². The maximum Gasteiger partial charge on any atom is 0.253 e. The van der Waals surface area contributed by atoms with Crippen LogP contribution in [-0.4, -0.2) is 41.2 Å². The lowest BCUT2D eigenvalue weighted by atomic mass is 9.99. The average Bonchev–Trinajstić information content (AvgIpc) is 3.61. The van der Waals surface area contributed by atoms with Crippen LogP contribution in [0.3, 0.4) is 0 Å². The molecule has 8 heteroatoms. The molecule has 3 heterocycles. The Labute approximate surface area is 248 Å². The predicted molar refractivity (Wildman–Crippen MR) is 167 cm³/mol. The molecule has 0 aliphatic rings. The number of hydrogen-bond donors (Lipinski definition) is 1. The first-order chi connectivity index (χ1) is 19.9. The molecule has 1 N–H and O–H groups in total. The summed E-state index contributed by atoms with van der Waals surface area (Å²) < 4.78 is 13.1. The first-order valence-corrected chi connectivity index (χ1v) is 15.3. The molecular weight excluding hydrogens is 532 g/mol. The van der Waals surface area contributed by atoms with Gasteiger partial charge in [-0.2, -0.15) is 0 Å². The number of hydrogen-bond acceptors (Lipinski definition) is 6. The standard InChI is InChI=1S/C33H42N4O3S/c1-7-9-10-24(8-2)19-35-32(38)27-18-29(28-21-41-33(36-28)26-13-11-22(3)34-20-26)37(23(27)4)16-15-25-12-14-30(39-5)31(17-25)40-6/h11-14,17-18,20-21,24H,7-10,15-16,19H2,1-6H3,(H,35,38). The van der Waals surface area contributed by atoms with E-state index in [1.54, 1.807) is 25.6 Å². The van der Waals surface area contributed by atoms with Crippen molar-refractivity contribution in [3.8, 4) is 33.5 Å². The second-order valence-corrected chi connectivity index (χ2v) is 11.3. The number of nitrogens with zero attached hydrogens (tertiary/aromatic N) is 3. The number of carbonyl (C=O) groups excluding carboxylic acids is 1. The van der Waals surface area contributed by atoms with Crippen LogP contribution in [0, 0.1) is 19.8 Å². The molecule has 1 atom stereocenters. The van der Waals surface area contributed by atoms with Crippen molar-refractivity contribution >= 4 is 17.2 Å². The van der Waals surface area contributed by atoms with Crippen molar-refractivity contribution < 1.29 is 14.3 Å². The van der Waals surface area contributed by atoms with Crippen LogP contribution in [0.25, 0.3) is 22.0 Å². The van der Waals surface area contributed by atoms with Crippen molar-refractivity contribution in [2.24, 2.45) is 5.92 Å². The topological polar surface area (TPSA) is 78.3 Å². The normalized spacial score (nSPS) is 11.9. The molecule has 0 fully saturated rings. The number of methoxy groups -OCH3 is 2. The number of thiazole rings is 1. The summed E-state index contributed by atoms with van der Waals surface area (Å²) >= 11 is 1.59.